The van der Waals surface area contributed by atoms with Gasteiger partial charge in [-0.3, -0.25) is 9.59 Å². The fraction of sp³-hybridized carbons (Fsp3) is 0.500. The largest absolute Gasteiger partial charge is 0.380 e. The Hall–Kier alpha value is -1.16. The summed E-state index contributed by atoms with van der Waals surface area (Å²) in [6.45, 7) is 2.82. The summed E-state index contributed by atoms with van der Waals surface area (Å²) in [7, 11) is 0. The van der Waals surface area contributed by atoms with Gasteiger partial charge >= 0.3 is 0 Å². The van der Waals surface area contributed by atoms with Crippen LogP contribution in [-0.2, 0) is 9.59 Å². The predicted octanol–water partition coefficient (Wildman–Crippen LogP) is -0.318. The van der Waals surface area contributed by atoms with E-state index >= 15 is 0 Å². The van der Waals surface area contributed by atoms with E-state index in [1.807, 2.05) is 0 Å². The van der Waals surface area contributed by atoms with Crippen LogP contribution < -0.4 is 0 Å². The first-order chi connectivity index (χ1) is 5.43. The van der Waals surface area contributed by atoms with Crippen LogP contribution in [0.15, 0.2) is 12.3 Å². The van der Waals surface area contributed by atoms with E-state index in [1.54, 1.807) is 0 Å². The normalized spacial score (nSPS) is 29.2. The van der Waals surface area contributed by atoms with Gasteiger partial charge in [-0.1, -0.05) is 0 Å². The molecule has 0 saturated carbocycles. The van der Waals surface area contributed by atoms with Crippen molar-refractivity contribution in [1.29, 1.82) is 0 Å². The lowest BCUT2D eigenvalue weighted by molar-refractivity contribution is -0.138. The molecule has 0 aromatic rings. The van der Waals surface area contributed by atoms with Crippen molar-refractivity contribution >= 4 is 11.7 Å². The van der Waals surface area contributed by atoms with E-state index in [0.29, 0.717) is 0 Å². The summed E-state index contributed by atoms with van der Waals surface area (Å²) in [4.78, 5) is 23.2. The smallest absolute Gasteiger partial charge is 0.223 e. The summed E-state index contributed by atoms with van der Waals surface area (Å²) in [5.74, 6) is -0.543. The number of aliphatic hydroxyl groups is 1. The first kappa shape index (κ1) is 8.93. The van der Waals surface area contributed by atoms with Crippen LogP contribution in [0.1, 0.15) is 13.8 Å². The maximum Gasteiger partial charge on any atom is 0.223 e. The molecular weight excluding hydrogens is 158 g/mol. The van der Waals surface area contributed by atoms with Crippen LogP contribution in [0.2, 0.25) is 0 Å². The molecule has 0 aliphatic carbocycles. The third-order valence-electron chi connectivity index (χ3n) is 1.82. The number of amides is 1. The first-order valence-corrected chi connectivity index (χ1v) is 3.66. The molecule has 1 aliphatic rings. The first-order valence-electron chi connectivity index (χ1n) is 3.66. The summed E-state index contributed by atoms with van der Waals surface area (Å²) < 4.78 is 0. The van der Waals surface area contributed by atoms with Gasteiger partial charge in [0.25, 0.3) is 0 Å². The summed E-state index contributed by atoms with van der Waals surface area (Å²) in [5.41, 5.74) is -1.43. The Morgan fingerprint density at radius 3 is 2.75 bits per heavy atom. The van der Waals surface area contributed by atoms with Crippen molar-refractivity contribution in [1.82, 2.24) is 4.90 Å². The molecule has 66 valence electrons. The van der Waals surface area contributed by atoms with E-state index in [-0.39, 0.29) is 18.2 Å². The number of carbonyl (C=O) groups is 2. The molecule has 1 heterocycles. The number of β-amino-alcohol motifs (C(OH)–C–C–N with tert-alkyl or cyclic N) is 1. The summed E-state index contributed by atoms with van der Waals surface area (Å²) in [6.07, 6.45) is 2.60. The van der Waals surface area contributed by atoms with Crippen molar-refractivity contribution in [3.63, 3.8) is 0 Å². The molecule has 4 heteroatoms. The van der Waals surface area contributed by atoms with Gasteiger partial charge in [-0.15, -0.1) is 0 Å². The van der Waals surface area contributed by atoms with Crippen LogP contribution >= 0.6 is 0 Å². The summed E-state index contributed by atoms with van der Waals surface area (Å²) >= 11 is 0. The minimum absolute atomic E-state index is 0.0394. The topological polar surface area (TPSA) is 57.6 Å². The molecule has 0 bridgehead atoms. The Kier molecular flexibility index (Phi) is 2.02. The Morgan fingerprint density at radius 2 is 2.33 bits per heavy atom. The van der Waals surface area contributed by atoms with Crippen LogP contribution in [0.4, 0.5) is 0 Å². The zero-order chi connectivity index (χ0) is 9.35. The average Bonchev–Trinajstić information content (AvgIpc) is 1.94. The second-order valence-electron chi connectivity index (χ2n) is 3.10. The lowest BCUT2D eigenvalue weighted by Gasteiger charge is -2.30. The van der Waals surface area contributed by atoms with Crippen molar-refractivity contribution in [2.45, 2.75) is 19.4 Å². The van der Waals surface area contributed by atoms with Gasteiger partial charge in [-0.2, -0.15) is 0 Å². The Morgan fingerprint density at radius 1 is 1.75 bits per heavy atom. The SMILES string of the molecule is CC(=O)N1C=CC(=O)C(C)(O)C1. The van der Waals surface area contributed by atoms with Crippen molar-refractivity contribution in [2.75, 3.05) is 6.54 Å². The summed E-state index contributed by atoms with van der Waals surface area (Å²) in [6, 6.07) is 0. The molecule has 1 rings (SSSR count). The number of hydrogen-bond acceptors (Lipinski definition) is 3. The number of rotatable bonds is 0. The van der Waals surface area contributed by atoms with Gasteiger partial charge in [0.15, 0.2) is 5.78 Å². The highest BCUT2D eigenvalue weighted by atomic mass is 16.3. The number of carbonyl (C=O) groups excluding carboxylic acids is 2. The molecule has 1 amide bonds. The van der Waals surface area contributed by atoms with E-state index < -0.39 is 5.60 Å². The van der Waals surface area contributed by atoms with Crippen LogP contribution in [0.3, 0.4) is 0 Å². The monoisotopic (exact) mass is 169 g/mol. The minimum atomic E-state index is -1.43. The third-order valence-corrected chi connectivity index (χ3v) is 1.82. The van der Waals surface area contributed by atoms with Crippen LogP contribution in [0.25, 0.3) is 0 Å². The molecule has 0 aromatic carbocycles. The third kappa shape index (κ3) is 1.53. The minimum Gasteiger partial charge on any atom is -0.380 e. The molecule has 0 saturated heterocycles. The Labute approximate surface area is 70.5 Å². The van der Waals surface area contributed by atoms with E-state index in [2.05, 4.69) is 0 Å². The van der Waals surface area contributed by atoms with Crippen LogP contribution in [0, 0.1) is 0 Å². The number of ketones is 1. The number of hydrogen-bond donors (Lipinski definition) is 1. The standard InChI is InChI=1S/C8H11NO3/c1-6(10)9-4-3-7(11)8(2,12)5-9/h3-4,12H,5H2,1-2H3. The van der Waals surface area contributed by atoms with Gasteiger partial charge in [-0.25, -0.2) is 0 Å². The molecule has 1 unspecified atom stereocenters. The van der Waals surface area contributed by atoms with Crippen molar-refractivity contribution < 1.29 is 14.7 Å². The maximum atomic E-state index is 11.0. The maximum absolute atomic E-state index is 11.0. The molecule has 1 atom stereocenters. The highest BCUT2D eigenvalue weighted by Gasteiger charge is 2.34. The van der Waals surface area contributed by atoms with Crippen molar-refractivity contribution in [2.24, 2.45) is 0 Å². The zero-order valence-corrected chi connectivity index (χ0v) is 7.07. The fourth-order valence-electron chi connectivity index (χ4n) is 1.02. The molecule has 1 N–H and O–H groups in total. The van der Waals surface area contributed by atoms with E-state index in [1.165, 1.54) is 31.0 Å². The Bertz CT molecular complexity index is 255. The predicted molar refractivity (Wildman–Crippen MR) is 42.2 cm³/mol. The molecule has 0 spiro atoms. The van der Waals surface area contributed by atoms with Gasteiger partial charge in [0.1, 0.15) is 5.60 Å². The van der Waals surface area contributed by atoms with E-state index in [9.17, 15) is 14.7 Å². The quantitative estimate of drug-likeness (QED) is 0.540. The van der Waals surface area contributed by atoms with Gasteiger partial charge < -0.3 is 10.0 Å². The van der Waals surface area contributed by atoms with Crippen molar-refractivity contribution in [3.05, 3.63) is 12.3 Å². The lowest BCUT2D eigenvalue weighted by atomic mass is 9.97. The molecule has 4 nitrogen and oxygen atoms in total. The fourth-order valence-corrected chi connectivity index (χ4v) is 1.02. The highest BCUT2D eigenvalue weighted by Crippen LogP contribution is 2.14. The molecule has 1 aliphatic heterocycles. The van der Waals surface area contributed by atoms with Gasteiger partial charge in [-0.05, 0) is 6.92 Å². The second kappa shape index (κ2) is 2.71. The van der Waals surface area contributed by atoms with Gasteiger partial charge in [0, 0.05) is 19.2 Å². The zero-order valence-electron chi connectivity index (χ0n) is 7.07. The average molecular weight is 169 g/mol. The molecule has 0 aromatic heterocycles. The van der Waals surface area contributed by atoms with E-state index in [4.69, 9.17) is 0 Å². The van der Waals surface area contributed by atoms with Gasteiger partial charge in [0.05, 0.1) is 6.54 Å². The Balaban J connectivity index is 2.86. The second-order valence-corrected chi connectivity index (χ2v) is 3.10. The van der Waals surface area contributed by atoms with Crippen LogP contribution in [-0.4, -0.2) is 33.8 Å². The molecule has 12 heavy (non-hydrogen) atoms. The molecular formula is C8H11NO3. The van der Waals surface area contributed by atoms with Crippen LogP contribution in [0.5, 0.6) is 0 Å². The highest BCUT2D eigenvalue weighted by molar-refractivity contribution is 5.98. The number of nitrogens with zero attached hydrogens (tertiary/aromatic N) is 1. The molecule has 0 fully saturated rings. The van der Waals surface area contributed by atoms with Crippen molar-refractivity contribution in [3.8, 4) is 0 Å². The van der Waals surface area contributed by atoms with Gasteiger partial charge in [0.2, 0.25) is 5.91 Å². The molecule has 0 radical (unpaired) electrons. The van der Waals surface area contributed by atoms with E-state index in [0.717, 1.165) is 0 Å². The lowest BCUT2D eigenvalue weighted by Crippen LogP contribution is -2.48. The summed E-state index contributed by atoms with van der Waals surface area (Å²) in [5, 5.41) is 9.47.